The van der Waals surface area contributed by atoms with Crippen molar-refractivity contribution in [2.24, 2.45) is 0 Å². The van der Waals surface area contributed by atoms with Gasteiger partial charge in [0.1, 0.15) is 0 Å². The van der Waals surface area contributed by atoms with E-state index in [1.807, 2.05) is 19.2 Å². The minimum Gasteiger partial charge on any atom is -0.395 e. The van der Waals surface area contributed by atoms with Gasteiger partial charge in [-0.25, -0.2) is 0 Å². The molecule has 0 amide bonds. The second kappa shape index (κ2) is 4.73. The SMILES string of the molecule is Cc1ccc(CN2CCC[C@H]2CO)cn1. The van der Waals surface area contributed by atoms with Crippen molar-refractivity contribution in [3.8, 4) is 0 Å². The summed E-state index contributed by atoms with van der Waals surface area (Å²) in [6, 6.07) is 4.51. The number of hydrogen-bond donors (Lipinski definition) is 1. The van der Waals surface area contributed by atoms with Crippen molar-refractivity contribution in [3.05, 3.63) is 29.6 Å². The summed E-state index contributed by atoms with van der Waals surface area (Å²) in [5.41, 5.74) is 2.29. The molecule has 1 aromatic rings. The smallest absolute Gasteiger partial charge is 0.0587 e. The highest BCUT2D eigenvalue weighted by Gasteiger charge is 2.23. The molecule has 1 atom stereocenters. The first-order chi connectivity index (χ1) is 7.29. The van der Waals surface area contributed by atoms with Gasteiger partial charge in [0.05, 0.1) is 6.61 Å². The maximum absolute atomic E-state index is 9.20. The molecule has 0 radical (unpaired) electrons. The topological polar surface area (TPSA) is 36.4 Å². The third-order valence-corrected chi connectivity index (χ3v) is 3.07. The molecule has 2 rings (SSSR count). The molecule has 0 saturated carbocycles. The Kier molecular flexibility index (Phi) is 3.34. The first-order valence-corrected chi connectivity index (χ1v) is 5.56. The quantitative estimate of drug-likeness (QED) is 0.811. The molecule has 0 aromatic carbocycles. The summed E-state index contributed by atoms with van der Waals surface area (Å²) in [6.45, 7) is 4.28. The van der Waals surface area contributed by atoms with Gasteiger partial charge in [0.2, 0.25) is 0 Å². The van der Waals surface area contributed by atoms with Crippen LogP contribution in [0.4, 0.5) is 0 Å². The first kappa shape index (κ1) is 10.6. The van der Waals surface area contributed by atoms with Gasteiger partial charge < -0.3 is 5.11 Å². The van der Waals surface area contributed by atoms with E-state index in [1.165, 1.54) is 12.0 Å². The molecule has 1 aromatic heterocycles. The van der Waals surface area contributed by atoms with E-state index in [0.29, 0.717) is 6.04 Å². The molecular formula is C12H18N2O. The average Bonchev–Trinajstić information content (AvgIpc) is 2.69. The molecule has 1 N–H and O–H groups in total. The van der Waals surface area contributed by atoms with Crippen molar-refractivity contribution in [2.45, 2.75) is 32.4 Å². The van der Waals surface area contributed by atoms with E-state index >= 15 is 0 Å². The monoisotopic (exact) mass is 206 g/mol. The molecule has 1 aliphatic heterocycles. The highest BCUT2D eigenvalue weighted by Crippen LogP contribution is 2.19. The van der Waals surface area contributed by atoms with Gasteiger partial charge in [-0.2, -0.15) is 0 Å². The largest absolute Gasteiger partial charge is 0.395 e. The van der Waals surface area contributed by atoms with E-state index < -0.39 is 0 Å². The van der Waals surface area contributed by atoms with Crippen molar-refractivity contribution in [3.63, 3.8) is 0 Å². The minimum absolute atomic E-state index is 0.277. The van der Waals surface area contributed by atoms with Gasteiger partial charge in [-0.1, -0.05) is 6.07 Å². The summed E-state index contributed by atoms with van der Waals surface area (Å²) < 4.78 is 0. The molecule has 82 valence electrons. The van der Waals surface area contributed by atoms with Crippen LogP contribution in [-0.4, -0.2) is 34.2 Å². The summed E-state index contributed by atoms with van der Waals surface area (Å²) in [5.74, 6) is 0. The zero-order valence-electron chi connectivity index (χ0n) is 9.19. The first-order valence-electron chi connectivity index (χ1n) is 5.56. The van der Waals surface area contributed by atoms with Crippen LogP contribution in [0.25, 0.3) is 0 Å². The van der Waals surface area contributed by atoms with Crippen LogP contribution < -0.4 is 0 Å². The fourth-order valence-electron chi connectivity index (χ4n) is 2.14. The summed E-state index contributed by atoms with van der Waals surface area (Å²) >= 11 is 0. The molecule has 2 heterocycles. The van der Waals surface area contributed by atoms with Crippen LogP contribution in [0, 0.1) is 6.92 Å². The standard InChI is InChI=1S/C12H18N2O/c1-10-4-5-11(7-13-10)8-14-6-2-3-12(14)9-15/h4-5,7,12,15H,2-3,6,8-9H2,1H3/t12-/m0/s1. The van der Waals surface area contributed by atoms with Gasteiger partial charge in [-0.3, -0.25) is 9.88 Å². The van der Waals surface area contributed by atoms with E-state index in [4.69, 9.17) is 0 Å². The van der Waals surface area contributed by atoms with Crippen LogP contribution in [0.3, 0.4) is 0 Å². The number of likely N-dealkylation sites (tertiary alicyclic amines) is 1. The van der Waals surface area contributed by atoms with Crippen molar-refractivity contribution in [2.75, 3.05) is 13.2 Å². The summed E-state index contributed by atoms with van der Waals surface area (Å²) in [4.78, 5) is 6.62. The lowest BCUT2D eigenvalue weighted by Gasteiger charge is -2.22. The van der Waals surface area contributed by atoms with Gasteiger partial charge in [0, 0.05) is 24.5 Å². The van der Waals surface area contributed by atoms with Crippen LogP contribution in [0.2, 0.25) is 0 Å². The maximum Gasteiger partial charge on any atom is 0.0587 e. The van der Waals surface area contributed by atoms with E-state index in [-0.39, 0.29) is 6.61 Å². The zero-order chi connectivity index (χ0) is 10.7. The lowest BCUT2D eigenvalue weighted by atomic mass is 10.2. The second-order valence-corrected chi connectivity index (χ2v) is 4.26. The minimum atomic E-state index is 0.277. The maximum atomic E-state index is 9.20. The average molecular weight is 206 g/mol. The molecule has 0 aliphatic carbocycles. The number of pyridine rings is 1. The molecule has 3 nitrogen and oxygen atoms in total. The highest BCUT2D eigenvalue weighted by molar-refractivity contribution is 5.13. The van der Waals surface area contributed by atoms with E-state index in [0.717, 1.165) is 25.2 Å². The van der Waals surface area contributed by atoms with E-state index in [2.05, 4.69) is 16.0 Å². The molecule has 3 heteroatoms. The van der Waals surface area contributed by atoms with Gasteiger partial charge >= 0.3 is 0 Å². The second-order valence-electron chi connectivity index (χ2n) is 4.26. The van der Waals surface area contributed by atoms with Crippen LogP contribution in [0.5, 0.6) is 0 Å². The number of nitrogens with zero attached hydrogens (tertiary/aromatic N) is 2. The Morgan fingerprint density at radius 3 is 3.07 bits per heavy atom. The third-order valence-electron chi connectivity index (χ3n) is 3.07. The number of aromatic nitrogens is 1. The van der Waals surface area contributed by atoms with Gasteiger partial charge in [0.15, 0.2) is 0 Å². The molecule has 1 aliphatic rings. The lowest BCUT2D eigenvalue weighted by Crippen LogP contribution is -2.31. The van der Waals surface area contributed by atoms with Gasteiger partial charge in [-0.15, -0.1) is 0 Å². The molecule has 1 saturated heterocycles. The van der Waals surface area contributed by atoms with E-state index in [1.54, 1.807) is 0 Å². The molecule has 1 fully saturated rings. The van der Waals surface area contributed by atoms with Crippen LogP contribution in [0.1, 0.15) is 24.1 Å². The Labute approximate surface area is 90.8 Å². The third kappa shape index (κ3) is 2.55. The molecule has 0 spiro atoms. The summed E-state index contributed by atoms with van der Waals surface area (Å²) in [7, 11) is 0. The Balaban J connectivity index is 1.99. The number of rotatable bonds is 3. The fraction of sp³-hybridized carbons (Fsp3) is 0.583. The van der Waals surface area contributed by atoms with Crippen molar-refractivity contribution >= 4 is 0 Å². The Morgan fingerprint density at radius 1 is 1.53 bits per heavy atom. The van der Waals surface area contributed by atoms with Crippen molar-refractivity contribution < 1.29 is 5.11 Å². The number of aliphatic hydroxyl groups excluding tert-OH is 1. The van der Waals surface area contributed by atoms with Crippen molar-refractivity contribution in [1.29, 1.82) is 0 Å². The molecule has 15 heavy (non-hydrogen) atoms. The predicted octanol–water partition coefficient (Wildman–Crippen LogP) is 1.35. The fourth-order valence-corrected chi connectivity index (χ4v) is 2.14. The number of aliphatic hydroxyl groups is 1. The Bertz CT molecular complexity index is 310. The Morgan fingerprint density at radius 2 is 2.40 bits per heavy atom. The molecular weight excluding hydrogens is 188 g/mol. The highest BCUT2D eigenvalue weighted by atomic mass is 16.3. The van der Waals surface area contributed by atoms with Crippen LogP contribution >= 0.6 is 0 Å². The Hall–Kier alpha value is -0.930. The normalized spacial score (nSPS) is 22.1. The van der Waals surface area contributed by atoms with Gasteiger partial charge in [0.25, 0.3) is 0 Å². The predicted molar refractivity (Wildman–Crippen MR) is 59.5 cm³/mol. The van der Waals surface area contributed by atoms with Gasteiger partial charge in [-0.05, 0) is 37.9 Å². The lowest BCUT2D eigenvalue weighted by molar-refractivity contribution is 0.153. The summed E-state index contributed by atoms with van der Waals surface area (Å²) in [5, 5.41) is 9.20. The number of hydrogen-bond acceptors (Lipinski definition) is 3. The van der Waals surface area contributed by atoms with E-state index in [9.17, 15) is 5.11 Å². The molecule has 0 bridgehead atoms. The number of aryl methyl sites for hydroxylation is 1. The summed E-state index contributed by atoms with van der Waals surface area (Å²) in [6.07, 6.45) is 4.25. The van der Waals surface area contributed by atoms with Crippen molar-refractivity contribution in [1.82, 2.24) is 9.88 Å². The van der Waals surface area contributed by atoms with Crippen LogP contribution in [0.15, 0.2) is 18.3 Å². The molecule has 0 unspecified atom stereocenters. The van der Waals surface area contributed by atoms with Crippen LogP contribution in [-0.2, 0) is 6.54 Å². The zero-order valence-corrected chi connectivity index (χ0v) is 9.19.